The molecule has 0 radical (unpaired) electrons. The van der Waals surface area contributed by atoms with E-state index in [0.717, 1.165) is 5.56 Å². The van der Waals surface area contributed by atoms with Crippen molar-refractivity contribution < 1.29 is 14.3 Å². The quantitative estimate of drug-likeness (QED) is 0.688. The zero-order chi connectivity index (χ0) is 21.1. The van der Waals surface area contributed by atoms with Gasteiger partial charge >= 0.3 is 0 Å². The van der Waals surface area contributed by atoms with E-state index in [1.807, 2.05) is 6.92 Å². The SMILES string of the molecule is COc1cc(C)c(NC(=O)c2nn(-c3ccccc3Cl)c(C)cc2=O)cc1OC. The molecule has 0 spiro atoms. The van der Waals surface area contributed by atoms with E-state index in [4.69, 9.17) is 21.1 Å². The summed E-state index contributed by atoms with van der Waals surface area (Å²) in [5.74, 6) is 0.363. The average molecular weight is 414 g/mol. The number of halogens is 1. The first kappa shape index (κ1) is 20.4. The Balaban J connectivity index is 2.02. The fourth-order valence-electron chi connectivity index (χ4n) is 2.87. The summed E-state index contributed by atoms with van der Waals surface area (Å²) in [5, 5.41) is 7.43. The first-order valence-corrected chi connectivity index (χ1v) is 9.13. The molecule has 1 heterocycles. The first-order chi connectivity index (χ1) is 13.8. The van der Waals surface area contributed by atoms with E-state index in [1.165, 1.54) is 25.0 Å². The molecule has 0 saturated carbocycles. The van der Waals surface area contributed by atoms with Gasteiger partial charge in [0.1, 0.15) is 0 Å². The number of rotatable bonds is 5. The molecule has 7 nitrogen and oxygen atoms in total. The van der Waals surface area contributed by atoms with E-state index in [1.54, 1.807) is 43.3 Å². The summed E-state index contributed by atoms with van der Waals surface area (Å²) < 4.78 is 12.0. The molecule has 150 valence electrons. The number of nitrogens with zero attached hydrogens (tertiary/aromatic N) is 2. The summed E-state index contributed by atoms with van der Waals surface area (Å²) in [6.45, 7) is 3.53. The van der Waals surface area contributed by atoms with Crippen LogP contribution in [0.3, 0.4) is 0 Å². The van der Waals surface area contributed by atoms with Gasteiger partial charge in [-0.3, -0.25) is 9.59 Å². The van der Waals surface area contributed by atoms with E-state index in [2.05, 4.69) is 10.4 Å². The van der Waals surface area contributed by atoms with Gasteiger partial charge in [-0.05, 0) is 37.6 Å². The van der Waals surface area contributed by atoms with Crippen LogP contribution in [0.5, 0.6) is 11.5 Å². The van der Waals surface area contributed by atoms with Gasteiger partial charge < -0.3 is 14.8 Å². The second-order valence-electron chi connectivity index (χ2n) is 6.34. The molecule has 2 aromatic carbocycles. The van der Waals surface area contributed by atoms with Crippen LogP contribution in [0.15, 0.2) is 47.3 Å². The number of benzene rings is 2. The third kappa shape index (κ3) is 4.09. The lowest BCUT2D eigenvalue weighted by Gasteiger charge is -2.15. The van der Waals surface area contributed by atoms with Crippen molar-refractivity contribution in [2.75, 3.05) is 19.5 Å². The summed E-state index contributed by atoms with van der Waals surface area (Å²) >= 11 is 6.25. The average Bonchev–Trinajstić information content (AvgIpc) is 2.70. The molecule has 29 heavy (non-hydrogen) atoms. The lowest BCUT2D eigenvalue weighted by atomic mass is 10.1. The highest BCUT2D eigenvalue weighted by molar-refractivity contribution is 6.32. The maximum Gasteiger partial charge on any atom is 0.280 e. The fraction of sp³-hybridized carbons (Fsp3) is 0.190. The molecule has 0 aliphatic rings. The van der Waals surface area contributed by atoms with Crippen molar-refractivity contribution in [3.8, 4) is 17.2 Å². The number of para-hydroxylation sites is 1. The molecule has 0 atom stereocenters. The first-order valence-electron chi connectivity index (χ1n) is 8.75. The Labute approximate surface area is 172 Å². The Kier molecular flexibility index (Phi) is 5.89. The Hall–Kier alpha value is -3.32. The molecule has 3 rings (SSSR count). The van der Waals surface area contributed by atoms with Crippen LogP contribution in [0.25, 0.3) is 5.69 Å². The monoisotopic (exact) mass is 413 g/mol. The molecular weight excluding hydrogens is 394 g/mol. The molecule has 0 saturated heterocycles. The number of anilines is 1. The van der Waals surface area contributed by atoms with Crippen molar-refractivity contribution in [2.45, 2.75) is 13.8 Å². The van der Waals surface area contributed by atoms with E-state index < -0.39 is 11.3 Å². The highest BCUT2D eigenvalue weighted by Gasteiger charge is 2.18. The number of carbonyl (C=O) groups excluding carboxylic acids is 1. The van der Waals surface area contributed by atoms with Gasteiger partial charge in [-0.15, -0.1) is 0 Å². The Bertz CT molecular complexity index is 1140. The van der Waals surface area contributed by atoms with E-state index >= 15 is 0 Å². The zero-order valence-electron chi connectivity index (χ0n) is 16.4. The van der Waals surface area contributed by atoms with Crippen LogP contribution < -0.4 is 20.2 Å². The normalized spacial score (nSPS) is 10.5. The number of aromatic nitrogens is 2. The molecule has 1 amide bonds. The number of nitrogens with one attached hydrogen (secondary N) is 1. The van der Waals surface area contributed by atoms with Gasteiger partial charge in [0.15, 0.2) is 17.2 Å². The second-order valence-corrected chi connectivity index (χ2v) is 6.75. The molecule has 0 aliphatic carbocycles. The predicted octanol–water partition coefficient (Wildman–Crippen LogP) is 3.77. The minimum absolute atomic E-state index is 0.246. The van der Waals surface area contributed by atoms with E-state index in [-0.39, 0.29) is 5.69 Å². The van der Waals surface area contributed by atoms with Gasteiger partial charge in [0.2, 0.25) is 5.43 Å². The largest absolute Gasteiger partial charge is 0.493 e. The molecule has 0 unspecified atom stereocenters. The van der Waals surface area contributed by atoms with Gasteiger partial charge in [0, 0.05) is 23.5 Å². The summed E-state index contributed by atoms with van der Waals surface area (Å²) in [6.07, 6.45) is 0. The zero-order valence-corrected chi connectivity index (χ0v) is 17.2. The highest BCUT2D eigenvalue weighted by atomic mass is 35.5. The number of hydrogen-bond acceptors (Lipinski definition) is 5. The fourth-order valence-corrected chi connectivity index (χ4v) is 3.08. The predicted molar refractivity (Wildman–Crippen MR) is 112 cm³/mol. The molecule has 8 heteroatoms. The van der Waals surface area contributed by atoms with Gasteiger partial charge in [0.05, 0.1) is 24.9 Å². The smallest absolute Gasteiger partial charge is 0.280 e. The van der Waals surface area contributed by atoms with Crippen LogP contribution in [0.1, 0.15) is 21.7 Å². The molecule has 0 aliphatic heterocycles. The van der Waals surface area contributed by atoms with Crippen molar-refractivity contribution in [3.63, 3.8) is 0 Å². The van der Waals surface area contributed by atoms with Crippen LogP contribution in [-0.2, 0) is 0 Å². The van der Waals surface area contributed by atoms with Crippen molar-refractivity contribution in [1.29, 1.82) is 0 Å². The van der Waals surface area contributed by atoms with Crippen LogP contribution in [-0.4, -0.2) is 29.9 Å². The van der Waals surface area contributed by atoms with Gasteiger partial charge in [-0.2, -0.15) is 5.10 Å². The maximum absolute atomic E-state index is 12.8. The molecule has 0 fully saturated rings. The minimum Gasteiger partial charge on any atom is -0.493 e. The van der Waals surface area contributed by atoms with Crippen molar-refractivity contribution in [3.05, 3.63) is 74.7 Å². The number of carbonyl (C=O) groups is 1. The minimum atomic E-state index is -0.633. The van der Waals surface area contributed by atoms with E-state index in [9.17, 15) is 9.59 Å². The van der Waals surface area contributed by atoms with Crippen molar-refractivity contribution in [2.24, 2.45) is 0 Å². The maximum atomic E-state index is 12.8. The molecule has 0 bridgehead atoms. The lowest BCUT2D eigenvalue weighted by Crippen LogP contribution is -2.27. The number of hydrogen-bond donors (Lipinski definition) is 1. The van der Waals surface area contributed by atoms with E-state index in [0.29, 0.717) is 33.6 Å². The third-order valence-corrected chi connectivity index (χ3v) is 4.70. The Morgan fingerprint density at radius 1 is 1.07 bits per heavy atom. The Morgan fingerprint density at radius 2 is 1.72 bits per heavy atom. The van der Waals surface area contributed by atoms with Crippen LogP contribution in [0.4, 0.5) is 5.69 Å². The molecular formula is C21H20ClN3O4. The van der Waals surface area contributed by atoms with Crippen LogP contribution in [0, 0.1) is 13.8 Å². The summed E-state index contributed by atoms with van der Waals surface area (Å²) in [7, 11) is 3.03. The molecule has 3 aromatic rings. The topological polar surface area (TPSA) is 82.5 Å². The van der Waals surface area contributed by atoms with Gasteiger partial charge in [-0.1, -0.05) is 23.7 Å². The highest BCUT2D eigenvalue weighted by Crippen LogP contribution is 2.33. The molecule has 1 N–H and O–H groups in total. The number of ether oxygens (including phenoxy) is 2. The van der Waals surface area contributed by atoms with Crippen molar-refractivity contribution >= 4 is 23.2 Å². The number of methoxy groups -OCH3 is 2. The Morgan fingerprint density at radius 3 is 2.38 bits per heavy atom. The second kappa shape index (κ2) is 8.36. The third-order valence-electron chi connectivity index (χ3n) is 4.38. The summed E-state index contributed by atoms with van der Waals surface area (Å²) in [6, 6.07) is 11.8. The van der Waals surface area contributed by atoms with Gasteiger partial charge in [-0.25, -0.2) is 4.68 Å². The standard InChI is InChI=1S/C21H20ClN3O4/c1-12-9-18(28-3)19(29-4)11-15(12)23-21(27)20-17(26)10-13(2)25(24-20)16-8-6-5-7-14(16)22/h5-11H,1-4H3,(H,23,27). The summed E-state index contributed by atoms with van der Waals surface area (Å²) in [4.78, 5) is 25.3. The lowest BCUT2D eigenvalue weighted by molar-refractivity contribution is 0.101. The van der Waals surface area contributed by atoms with Gasteiger partial charge in [0.25, 0.3) is 5.91 Å². The van der Waals surface area contributed by atoms with Crippen molar-refractivity contribution in [1.82, 2.24) is 9.78 Å². The van der Waals surface area contributed by atoms with Crippen LogP contribution in [0.2, 0.25) is 5.02 Å². The van der Waals surface area contributed by atoms with Crippen LogP contribution >= 0.6 is 11.6 Å². The molecule has 1 aromatic heterocycles. The number of aryl methyl sites for hydroxylation is 2. The number of amides is 1. The summed E-state index contributed by atoms with van der Waals surface area (Å²) in [5.41, 5.74) is 1.63.